The SMILES string of the molecule is COc1cc(C(=O)N2C(=O)C3(CCCCC3)NC23CCCCC3)cc(OC)c1OC. The molecule has 0 aromatic heterocycles. The number of nitrogens with one attached hydrogen (secondary N) is 1. The van der Waals surface area contributed by atoms with Crippen LogP contribution in [-0.4, -0.2) is 49.2 Å². The Morgan fingerprint density at radius 1 is 0.867 bits per heavy atom. The summed E-state index contributed by atoms with van der Waals surface area (Å²) in [6, 6.07) is 3.28. The highest BCUT2D eigenvalue weighted by molar-refractivity contribution is 6.10. The molecule has 1 aromatic carbocycles. The summed E-state index contributed by atoms with van der Waals surface area (Å²) in [6.45, 7) is 0. The fraction of sp³-hybridized carbons (Fsp3) is 0.652. The summed E-state index contributed by atoms with van der Waals surface area (Å²) in [5, 5.41) is 3.72. The predicted molar refractivity (Wildman–Crippen MR) is 112 cm³/mol. The molecule has 3 fully saturated rings. The maximum absolute atomic E-state index is 13.8. The normalized spacial score (nSPS) is 22.4. The number of hydrogen-bond acceptors (Lipinski definition) is 6. The van der Waals surface area contributed by atoms with Gasteiger partial charge in [-0.25, -0.2) is 0 Å². The average molecular weight is 417 g/mol. The van der Waals surface area contributed by atoms with Gasteiger partial charge in [0.1, 0.15) is 11.2 Å². The standard InChI is InChI=1S/C23H32N2O5/c1-28-17-14-16(15-18(29-2)19(17)30-3)20(26)25-21(27)22(10-6-4-7-11-22)24-23(25)12-8-5-9-13-23/h14-15,24H,4-13H2,1-3H3. The Kier molecular flexibility index (Phi) is 5.66. The van der Waals surface area contributed by atoms with Crippen LogP contribution in [0.25, 0.3) is 0 Å². The maximum Gasteiger partial charge on any atom is 0.262 e. The molecular weight excluding hydrogens is 384 g/mol. The first-order valence-corrected chi connectivity index (χ1v) is 11.0. The van der Waals surface area contributed by atoms with Crippen molar-refractivity contribution in [2.45, 2.75) is 75.4 Å². The molecule has 164 valence electrons. The van der Waals surface area contributed by atoms with Crippen LogP contribution in [-0.2, 0) is 4.79 Å². The molecule has 7 nitrogen and oxygen atoms in total. The predicted octanol–water partition coefficient (Wildman–Crippen LogP) is 3.65. The Labute approximate surface area is 178 Å². The summed E-state index contributed by atoms with van der Waals surface area (Å²) < 4.78 is 16.2. The highest BCUT2D eigenvalue weighted by Crippen LogP contribution is 2.46. The minimum Gasteiger partial charge on any atom is -0.493 e. The summed E-state index contributed by atoms with van der Waals surface area (Å²) in [4.78, 5) is 29.1. The van der Waals surface area contributed by atoms with E-state index in [1.54, 1.807) is 12.1 Å². The van der Waals surface area contributed by atoms with E-state index >= 15 is 0 Å². The fourth-order valence-electron chi connectivity index (χ4n) is 5.56. The van der Waals surface area contributed by atoms with Crippen molar-refractivity contribution in [3.05, 3.63) is 17.7 Å². The van der Waals surface area contributed by atoms with Crippen LogP contribution in [0.4, 0.5) is 0 Å². The van der Waals surface area contributed by atoms with Gasteiger partial charge in [-0.15, -0.1) is 0 Å². The second-order valence-electron chi connectivity index (χ2n) is 8.72. The van der Waals surface area contributed by atoms with Crippen molar-refractivity contribution in [3.8, 4) is 17.2 Å². The van der Waals surface area contributed by atoms with E-state index in [9.17, 15) is 9.59 Å². The van der Waals surface area contributed by atoms with E-state index in [0.717, 1.165) is 64.2 Å². The van der Waals surface area contributed by atoms with Gasteiger partial charge in [-0.3, -0.25) is 19.8 Å². The second-order valence-corrected chi connectivity index (χ2v) is 8.72. The van der Waals surface area contributed by atoms with Crippen molar-refractivity contribution in [2.24, 2.45) is 0 Å². The average Bonchev–Trinajstić information content (AvgIpc) is 2.99. The highest BCUT2D eigenvalue weighted by atomic mass is 16.5. The summed E-state index contributed by atoms with van der Waals surface area (Å²) >= 11 is 0. The van der Waals surface area contributed by atoms with Crippen LogP contribution in [0.3, 0.4) is 0 Å². The van der Waals surface area contributed by atoms with Gasteiger partial charge < -0.3 is 14.2 Å². The smallest absolute Gasteiger partial charge is 0.262 e. The van der Waals surface area contributed by atoms with Gasteiger partial charge in [0.25, 0.3) is 11.8 Å². The van der Waals surface area contributed by atoms with Gasteiger partial charge in [0, 0.05) is 5.56 Å². The van der Waals surface area contributed by atoms with E-state index in [1.807, 2.05) is 0 Å². The summed E-state index contributed by atoms with van der Waals surface area (Å²) in [6.07, 6.45) is 9.53. The van der Waals surface area contributed by atoms with Gasteiger partial charge in [0.2, 0.25) is 5.75 Å². The Bertz CT molecular complexity index is 800. The lowest BCUT2D eigenvalue weighted by atomic mass is 9.81. The molecule has 0 bridgehead atoms. The van der Waals surface area contributed by atoms with Crippen LogP contribution in [0.1, 0.15) is 74.6 Å². The van der Waals surface area contributed by atoms with Gasteiger partial charge in [0.15, 0.2) is 11.5 Å². The zero-order valence-electron chi connectivity index (χ0n) is 18.2. The van der Waals surface area contributed by atoms with Gasteiger partial charge in [0.05, 0.1) is 21.3 Å². The first-order valence-electron chi connectivity index (χ1n) is 11.0. The lowest BCUT2D eigenvalue weighted by Gasteiger charge is -2.41. The number of amides is 2. The fourth-order valence-corrected chi connectivity index (χ4v) is 5.56. The number of nitrogens with zero attached hydrogens (tertiary/aromatic N) is 1. The molecule has 1 N–H and O–H groups in total. The lowest BCUT2D eigenvalue weighted by molar-refractivity contribution is -0.133. The van der Waals surface area contributed by atoms with Crippen molar-refractivity contribution in [2.75, 3.05) is 21.3 Å². The number of carbonyl (C=O) groups excluding carboxylic acids is 2. The monoisotopic (exact) mass is 416 g/mol. The molecule has 4 rings (SSSR count). The molecule has 0 unspecified atom stereocenters. The van der Waals surface area contributed by atoms with Gasteiger partial charge in [-0.05, 0) is 50.7 Å². The topological polar surface area (TPSA) is 77.1 Å². The third-order valence-electron chi connectivity index (χ3n) is 7.02. The van der Waals surface area contributed by atoms with Gasteiger partial charge in [-0.2, -0.15) is 0 Å². The van der Waals surface area contributed by atoms with E-state index in [1.165, 1.54) is 26.2 Å². The zero-order valence-corrected chi connectivity index (χ0v) is 18.2. The number of hydrogen-bond donors (Lipinski definition) is 1. The van der Waals surface area contributed by atoms with Crippen molar-refractivity contribution in [1.29, 1.82) is 0 Å². The van der Waals surface area contributed by atoms with Crippen LogP contribution in [0.15, 0.2) is 12.1 Å². The third kappa shape index (κ3) is 3.23. The minimum absolute atomic E-state index is 0.0668. The maximum atomic E-state index is 13.8. The molecule has 0 radical (unpaired) electrons. The van der Waals surface area contributed by atoms with Crippen LogP contribution < -0.4 is 19.5 Å². The molecule has 7 heteroatoms. The molecule has 30 heavy (non-hydrogen) atoms. The molecule has 1 saturated heterocycles. The minimum atomic E-state index is -0.605. The lowest BCUT2D eigenvalue weighted by Crippen LogP contribution is -2.57. The second kappa shape index (κ2) is 8.10. The van der Waals surface area contributed by atoms with Crippen molar-refractivity contribution in [1.82, 2.24) is 10.2 Å². The molecule has 3 aliphatic rings. The molecule has 0 atom stereocenters. The molecule has 1 heterocycles. The number of imide groups is 1. The quantitative estimate of drug-likeness (QED) is 0.755. The van der Waals surface area contributed by atoms with Crippen LogP contribution in [0.5, 0.6) is 17.2 Å². The van der Waals surface area contributed by atoms with Crippen LogP contribution in [0.2, 0.25) is 0 Å². The third-order valence-corrected chi connectivity index (χ3v) is 7.02. The first kappa shape index (κ1) is 21.0. The summed E-state index contributed by atoms with van der Waals surface area (Å²) in [5.41, 5.74) is -0.826. The number of rotatable bonds is 4. The molecule has 1 aliphatic heterocycles. The van der Waals surface area contributed by atoms with Crippen molar-refractivity contribution < 1.29 is 23.8 Å². The van der Waals surface area contributed by atoms with E-state index < -0.39 is 11.2 Å². The van der Waals surface area contributed by atoms with Gasteiger partial charge >= 0.3 is 0 Å². The van der Waals surface area contributed by atoms with Gasteiger partial charge in [-0.1, -0.05) is 25.7 Å². The van der Waals surface area contributed by atoms with E-state index in [2.05, 4.69) is 5.32 Å². The molecule has 2 amide bonds. The Morgan fingerprint density at radius 2 is 1.40 bits per heavy atom. The molecule has 2 saturated carbocycles. The van der Waals surface area contributed by atoms with E-state index in [-0.39, 0.29) is 11.8 Å². The number of benzene rings is 1. The number of carbonyl (C=O) groups is 2. The number of methoxy groups -OCH3 is 3. The molecule has 1 aromatic rings. The largest absolute Gasteiger partial charge is 0.493 e. The molecule has 2 spiro atoms. The Balaban J connectivity index is 1.77. The van der Waals surface area contributed by atoms with Crippen molar-refractivity contribution >= 4 is 11.8 Å². The molecular formula is C23H32N2O5. The Morgan fingerprint density at radius 3 is 1.90 bits per heavy atom. The van der Waals surface area contributed by atoms with Crippen molar-refractivity contribution in [3.63, 3.8) is 0 Å². The van der Waals surface area contributed by atoms with E-state index in [4.69, 9.17) is 14.2 Å². The van der Waals surface area contributed by atoms with Crippen LogP contribution in [0, 0.1) is 0 Å². The van der Waals surface area contributed by atoms with Crippen LogP contribution >= 0.6 is 0 Å². The van der Waals surface area contributed by atoms with E-state index in [0.29, 0.717) is 22.8 Å². The highest BCUT2D eigenvalue weighted by Gasteiger charge is 2.60. The molecule has 2 aliphatic carbocycles. The zero-order chi connectivity index (χ0) is 21.4. The Hall–Kier alpha value is -2.28. The summed E-state index contributed by atoms with van der Waals surface area (Å²) in [7, 11) is 4.57. The number of ether oxygens (including phenoxy) is 3. The first-order chi connectivity index (χ1) is 14.5. The summed E-state index contributed by atoms with van der Waals surface area (Å²) in [5.74, 6) is 0.882.